The number of nitrogens with one attached hydrogen (secondary N) is 1. The standard InChI is InChI=1S/C22H20ClFN6O2/c1-29-20(6-9-26-29)28-22-25-8-5-18(27-22)14-7-10-30(21(32)12-14)19(13-31)15-3-2-4-16(23)17(24)11-15/h2-3,5-12,19,31H,4,13H2,1H3,(H,25,27,28). The first kappa shape index (κ1) is 21.7. The van der Waals surface area contributed by atoms with Crippen LogP contribution in [-0.2, 0) is 7.05 Å². The Bertz CT molecular complexity index is 1290. The number of nitrogens with zero attached hydrogens (tertiary/aromatic N) is 5. The number of hydrogen-bond donors (Lipinski definition) is 2. The van der Waals surface area contributed by atoms with E-state index in [9.17, 15) is 14.3 Å². The molecule has 0 aliphatic heterocycles. The van der Waals surface area contributed by atoms with E-state index in [2.05, 4.69) is 20.4 Å². The topological polar surface area (TPSA) is 97.9 Å². The summed E-state index contributed by atoms with van der Waals surface area (Å²) in [7, 11) is 1.79. The van der Waals surface area contributed by atoms with Crippen LogP contribution in [0.3, 0.4) is 0 Å². The number of hydrogen-bond acceptors (Lipinski definition) is 6. The molecule has 0 saturated heterocycles. The Morgan fingerprint density at radius 1 is 1.31 bits per heavy atom. The summed E-state index contributed by atoms with van der Waals surface area (Å²) in [6.45, 7) is -0.382. The Balaban J connectivity index is 1.64. The minimum Gasteiger partial charge on any atom is -0.394 e. The van der Waals surface area contributed by atoms with Crippen LogP contribution in [0.15, 0.2) is 82.3 Å². The summed E-state index contributed by atoms with van der Waals surface area (Å²) in [5, 5.41) is 17.2. The maximum atomic E-state index is 14.1. The first-order valence-corrected chi connectivity index (χ1v) is 10.2. The highest BCUT2D eigenvalue weighted by Crippen LogP contribution is 2.27. The average molecular weight is 455 g/mol. The molecule has 32 heavy (non-hydrogen) atoms. The van der Waals surface area contributed by atoms with E-state index in [-0.39, 0.29) is 23.6 Å². The molecule has 2 N–H and O–H groups in total. The summed E-state index contributed by atoms with van der Waals surface area (Å²) in [5.41, 5.74) is 1.21. The van der Waals surface area contributed by atoms with Crippen molar-refractivity contribution in [2.45, 2.75) is 12.5 Å². The van der Waals surface area contributed by atoms with Gasteiger partial charge in [0.2, 0.25) is 5.95 Å². The Hall–Kier alpha value is -3.56. The van der Waals surface area contributed by atoms with Crippen LogP contribution in [-0.4, -0.2) is 36.0 Å². The van der Waals surface area contributed by atoms with Gasteiger partial charge in [-0.1, -0.05) is 23.8 Å². The summed E-state index contributed by atoms with van der Waals surface area (Å²) in [5.74, 6) is 0.495. The Morgan fingerprint density at radius 2 is 2.16 bits per heavy atom. The molecule has 3 aromatic heterocycles. The molecule has 0 fully saturated rings. The van der Waals surface area contributed by atoms with Crippen molar-refractivity contribution in [2.75, 3.05) is 11.9 Å². The molecule has 0 amide bonds. The van der Waals surface area contributed by atoms with E-state index in [1.54, 1.807) is 60.7 Å². The zero-order valence-corrected chi connectivity index (χ0v) is 17.9. The number of aryl methyl sites for hydroxylation is 1. The molecule has 4 rings (SSSR count). The molecule has 0 radical (unpaired) electrons. The molecule has 1 aliphatic rings. The van der Waals surface area contributed by atoms with Crippen LogP contribution < -0.4 is 10.9 Å². The molecule has 10 heteroatoms. The number of rotatable bonds is 6. The second-order valence-electron chi connectivity index (χ2n) is 7.09. The van der Waals surface area contributed by atoms with Crippen LogP contribution in [0.25, 0.3) is 11.3 Å². The summed E-state index contributed by atoms with van der Waals surface area (Å²) in [4.78, 5) is 21.5. The Kier molecular flexibility index (Phi) is 6.29. The van der Waals surface area contributed by atoms with Gasteiger partial charge in [-0.25, -0.2) is 14.4 Å². The van der Waals surface area contributed by atoms with E-state index < -0.39 is 11.9 Å². The third-order valence-corrected chi connectivity index (χ3v) is 5.35. The molecule has 3 heterocycles. The highest BCUT2D eigenvalue weighted by Gasteiger charge is 2.18. The molecule has 164 valence electrons. The van der Waals surface area contributed by atoms with E-state index in [4.69, 9.17) is 11.6 Å². The van der Waals surface area contributed by atoms with Crippen LogP contribution in [0.4, 0.5) is 16.2 Å². The highest BCUT2D eigenvalue weighted by molar-refractivity contribution is 6.30. The first-order chi connectivity index (χ1) is 15.5. The molecule has 3 aromatic rings. The molecule has 0 spiro atoms. The molecule has 8 nitrogen and oxygen atoms in total. The fourth-order valence-electron chi connectivity index (χ4n) is 3.33. The van der Waals surface area contributed by atoms with Gasteiger partial charge < -0.3 is 15.0 Å². The maximum absolute atomic E-state index is 14.1. The summed E-state index contributed by atoms with van der Waals surface area (Å²) < 4.78 is 17.1. The van der Waals surface area contributed by atoms with Crippen LogP contribution in [0.2, 0.25) is 0 Å². The molecule has 0 bridgehead atoms. The summed E-state index contributed by atoms with van der Waals surface area (Å²) in [6, 6.07) is 5.84. The lowest BCUT2D eigenvalue weighted by Gasteiger charge is -2.19. The molecular formula is C22H20ClFN6O2. The van der Waals surface area contributed by atoms with Crippen molar-refractivity contribution in [2.24, 2.45) is 7.05 Å². The second-order valence-corrected chi connectivity index (χ2v) is 7.55. The van der Waals surface area contributed by atoms with Crippen molar-refractivity contribution in [1.29, 1.82) is 0 Å². The van der Waals surface area contributed by atoms with Gasteiger partial charge in [0.1, 0.15) is 11.6 Å². The van der Waals surface area contributed by atoms with Gasteiger partial charge in [-0.15, -0.1) is 0 Å². The second kappa shape index (κ2) is 9.29. The van der Waals surface area contributed by atoms with E-state index in [1.807, 2.05) is 0 Å². The Labute approximate surface area is 188 Å². The Morgan fingerprint density at radius 3 is 2.88 bits per heavy atom. The quantitative estimate of drug-likeness (QED) is 0.590. The fourth-order valence-corrected chi connectivity index (χ4v) is 3.47. The number of aliphatic hydroxyl groups is 1. The molecule has 0 aromatic carbocycles. The van der Waals surface area contributed by atoms with Crippen molar-refractivity contribution < 1.29 is 9.50 Å². The third-order valence-electron chi connectivity index (χ3n) is 5.01. The van der Waals surface area contributed by atoms with Crippen molar-refractivity contribution in [3.8, 4) is 11.3 Å². The lowest BCUT2D eigenvalue weighted by molar-refractivity contribution is 0.246. The smallest absolute Gasteiger partial charge is 0.251 e. The fraction of sp³-hybridized carbons (Fsp3) is 0.182. The highest BCUT2D eigenvalue weighted by atomic mass is 35.5. The van der Waals surface area contributed by atoms with Crippen LogP contribution in [0, 0.1) is 0 Å². The molecule has 1 atom stereocenters. The minimum absolute atomic E-state index is 0.0786. The lowest BCUT2D eigenvalue weighted by Crippen LogP contribution is -2.27. The number of aliphatic hydroxyl groups excluding tert-OH is 1. The zero-order chi connectivity index (χ0) is 22.7. The monoisotopic (exact) mass is 454 g/mol. The SMILES string of the molecule is Cn1nccc1Nc1nccc(-c2ccn(C(CO)C3=CC(F)=C(Cl)CC=C3)c(=O)c2)n1. The molecule has 1 unspecified atom stereocenters. The lowest BCUT2D eigenvalue weighted by atomic mass is 10.1. The normalized spacial score (nSPS) is 14.8. The van der Waals surface area contributed by atoms with Crippen molar-refractivity contribution >= 4 is 23.4 Å². The first-order valence-electron chi connectivity index (χ1n) is 9.80. The van der Waals surface area contributed by atoms with E-state index in [1.165, 1.54) is 16.7 Å². The molecule has 0 saturated carbocycles. The number of halogens is 2. The number of anilines is 2. The van der Waals surface area contributed by atoms with Gasteiger partial charge in [0.25, 0.3) is 5.56 Å². The van der Waals surface area contributed by atoms with Gasteiger partial charge in [-0.3, -0.25) is 9.48 Å². The van der Waals surface area contributed by atoms with Crippen LogP contribution in [0.1, 0.15) is 12.5 Å². The van der Waals surface area contributed by atoms with Crippen molar-refractivity contribution in [3.63, 3.8) is 0 Å². The summed E-state index contributed by atoms with van der Waals surface area (Å²) in [6.07, 6.45) is 9.65. The van der Waals surface area contributed by atoms with Gasteiger partial charge in [0.05, 0.1) is 29.6 Å². The maximum Gasteiger partial charge on any atom is 0.251 e. The predicted octanol–water partition coefficient (Wildman–Crippen LogP) is 3.62. The van der Waals surface area contributed by atoms with E-state index in [0.29, 0.717) is 22.8 Å². The van der Waals surface area contributed by atoms with E-state index >= 15 is 0 Å². The van der Waals surface area contributed by atoms with Gasteiger partial charge in [0.15, 0.2) is 0 Å². The van der Waals surface area contributed by atoms with Gasteiger partial charge in [0, 0.05) is 43.6 Å². The molecule has 1 aliphatic carbocycles. The minimum atomic E-state index is -0.756. The van der Waals surface area contributed by atoms with E-state index in [0.717, 1.165) is 5.82 Å². The zero-order valence-electron chi connectivity index (χ0n) is 17.1. The van der Waals surface area contributed by atoms with Crippen molar-refractivity contribution in [1.82, 2.24) is 24.3 Å². The van der Waals surface area contributed by atoms with Gasteiger partial charge >= 0.3 is 0 Å². The van der Waals surface area contributed by atoms with Gasteiger partial charge in [-0.05, 0) is 23.8 Å². The average Bonchev–Trinajstić information content (AvgIpc) is 3.11. The van der Waals surface area contributed by atoms with Crippen molar-refractivity contribution in [3.05, 3.63) is 87.9 Å². The van der Waals surface area contributed by atoms with Gasteiger partial charge in [-0.2, -0.15) is 5.10 Å². The van der Waals surface area contributed by atoms with Crippen LogP contribution in [0.5, 0.6) is 0 Å². The number of pyridine rings is 1. The predicted molar refractivity (Wildman–Crippen MR) is 120 cm³/mol. The number of aromatic nitrogens is 5. The third kappa shape index (κ3) is 4.53. The molecular weight excluding hydrogens is 435 g/mol. The summed E-state index contributed by atoms with van der Waals surface area (Å²) >= 11 is 5.87. The van der Waals surface area contributed by atoms with Crippen LogP contribution >= 0.6 is 11.6 Å². The largest absolute Gasteiger partial charge is 0.394 e. The number of allylic oxidation sites excluding steroid dienone is 5.